The Bertz CT molecular complexity index is 1820. The van der Waals surface area contributed by atoms with Crippen molar-refractivity contribution >= 4 is 33.6 Å². The molecule has 0 spiro atoms. The quantitative estimate of drug-likeness (QED) is 0.297. The summed E-state index contributed by atoms with van der Waals surface area (Å²) in [5.74, 6) is -0.0374. The Hall–Kier alpha value is -4.12. The lowest BCUT2D eigenvalue weighted by atomic mass is 9.94. The average molecular weight is 629 g/mol. The van der Waals surface area contributed by atoms with Gasteiger partial charge in [0.05, 0.1) is 17.5 Å². The number of benzene rings is 2. The molecular weight excluding hydrogens is 590 g/mol. The fourth-order valence-corrected chi connectivity index (χ4v) is 8.12. The smallest absolute Gasteiger partial charge is 0.407 e. The molecule has 4 atom stereocenters. The second-order valence-electron chi connectivity index (χ2n) is 13.4. The SMILES string of the molecule is C[C@@H]1CC[C@@H]2CN1c1nc(OC[C@@]34CCCN3C[C@H](F)C4)nc3c(F)c(ncc13)-c1cccc3cccc(c13)CCCOC(=O)N2. The van der Waals surface area contributed by atoms with Gasteiger partial charge in [-0.1, -0.05) is 36.4 Å². The van der Waals surface area contributed by atoms with E-state index in [9.17, 15) is 9.18 Å². The number of hydrogen-bond donors (Lipinski definition) is 1. The molecule has 2 aromatic carbocycles. The van der Waals surface area contributed by atoms with E-state index in [1.165, 1.54) is 0 Å². The maximum Gasteiger partial charge on any atom is 0.407 e. The maximum atomic E-state index is 16.9. The first-order valence-electron chi connectivity index (χ1n) is 16.5. The lowest BCUT2D eigenvalue weighted by Gasteiger charge is -2.39. The standard InChI is InChI=1S/C35H38F2N6O3/c1-21-11-12-25-19-43(21)32-27-17-38-30(26-10-3-8-22-6-2-7-23(28(22)26)9-4-15-45-34(44)39-25)29(37)31(27)40-33(41-32)46-20-35-13-5-14-42(35)18-24(36)16-35/h2-3,6-8,10,17,21,24-25H,4-5,9,11-16,18-20H2,1H3,(H,39,44)/t21-,24-,25-,35+/m1/s1. The van der Waals surface area contributed by atoms with E-state index in [4.69, 9.17) is 19.4 Å². The number of aromatic nitrogens is 3. The minimum Gasteiger partial charge on any atom is -0.461 e. The normalized spacial score (nSPS) is 26.7. The van der Waals surface area contributed by atoms with Crippen LogP contribution in [0.15, 0.2) is 42.6 Å². The Morgan fingerprint density at radius 3 is 2.89 bits per heavy atom. The molecule has 9 nitrogen and oxygen atoms in total. The molecule has 9 rings (SSSR count). The molecule has 0 aliphatic carbocycles. The number of rotatable bonds is 3. The third-order valence-corrected chi connectivity index (χ3v) is 10.4. The Morgan fingerprint density at radius 1 is 1.13 bits per heavy atom. The van der Waals surface area contributed by atoms with Crippen molar-refractivity contribution in [1.29, 1.82) is 0 Å². The zero-order chi connectivity index (χ0) is 31.4. The number of aryl methyl sites for hydroxylation is 1. The molecule has 4 aromatic rings. The summed E-state index contributed by atoms with van der Waals surface area (Å²) in [6.45, 7) is 4.30. The second-order valence-corrected chi connectivity index (χ2v) is 13.4. The van der Waals surface area contributed by atoms with E-state index in [-0.39, 0.29) is 42.5 Å². The number of fused-ring (bicyclic) bond motifs is 7. The number of hydrogen-bond acceptors (Lipinski definition) is 8. The van der Waals surface area contributed by atoms with E-state index in [0.29, 0.717) is 49.1 Å². The summed E-state index contributed by atoms with van der Waals surface area (Å²) in [6.07, 6.45) is 5.38. The largest absolute Gasteiger partial charge is 0.461 e. The van der Waals surface area contributed by atoms with E-state index in [0.717, 1.165) is 48.6 Å². The fraction of sp³-hybridized carbons (Fsp3) is 0.486. The van der Waals surface area contributed by atoms with Crippen LogP contribution in [-0.4, -0.2) is 82.6 Å². The van der Waals surface area contributed by atoms with Gasteiger partial charge in [0.2, 0.25) is 0 Å². The number of alkyl carbamates (subject to hydrolysis) is 1. The van der Waals surface area contributed by atoms with Crippen molar-refractivity contribution in [2.24, 2.45) is 0 Å². The number of alkyl halides is 1. The van der Waals surface area contributed by atoms with Gasteiger partial charge in [0.15, 0.2) is 5.82 Å². The molecule has 1 N–H and O–H groups in total. The lowest BCUT2D eigenvalue weighted by Crippen LogP contribution is -2.51. The van der Waals surface area contributed by atoms with Gasteiger partial charge in [0.25, 0.3) is 0 Å². The van der Waals surface area contributed by atoms with Gasteiger partial charge in [-0.3, -0.25) is 9.88 Å². The molecule has 11 heteroatoms. The third-order valence-electron chi connectivity index (χ3n) is 10.4. The topological polar surface area (TPSA) is 92.7 Å². The highest BCUT2D eigenvalue weighted by molar-refractivity contribution is 6.00. The fourth-order valence-electron chi connectivity index (χ4n) is 8.12. The Morgan fingerprint density at radius 2 is 2.00 bits per heavy atom. The van der Waals surface area contributed by atoms with Crippen molar-refractivity contribution in [3.05, 3.63) is 54.0 Å². The molecule has 46 heavy (non-hydrogen) atoms. The van der Waals surface area contributed by atoms with Gasteiger partial charge in [0.1, 0.15) is 29.8 Å². The molecule has 0 radical (unpaired) electrons. The molecular formula is C35H38F2N6O3. The zero-order valence-electron chi connectivity index (χ0n) is 26.0. The Labute approximate surface area is 266 Å². The molecule has 3 fully saturated rings. The average Bonchev–Trinajstić information content (AvgIpc) is 3.58. The number of nitrogens with zero attached hydrogens (tertiary/aromatic N) is 5. The molecule has 1 amide bonds. The molecule has 0 unspecified atom stereocenters. The van der Waals surface area contributed by atoms with Gasteiger partial charge in [-0.2, -0.15) is 9.97 Å². The number of ether oxygens (including phenoxy) is 2. The molecule has 6 bridgehead atoms. The minimum absolute atomic E-state index is 0.0523. The summed E-state index contributed by atoms with van der Waals surface area (Å²) in [7, 11) is 0. The number of piperidine rings is 1. The highest BCUT2D eigenvalue weighted by Crippen LogP contribution is 2.41. The third kappa shape index (κ3) is 5.09. The van der Waals surface area contributed by atoms with Crippen LogP contribution in [0.5, 0.6) is 6.01 Å². The van der Waals surface area contributed by atoms with Gasteiger partial charge in [-0.25, -0.2) is 13.6 Å². The highest BCUT2D eigenvalue weighted by Gasteiger charge is 2.49. The van der Waals surface area contributed by atoms with Gasteiger partial charge in [-0.05, 0) is 68.3 Å². The molecule has 240 valence electrons. The van der Waals surface area contributed by atoms with E-state index >= 15 is 4.39 Å². The highest BCUT2D eigenvalue weighted by atomic mass is 19.1. The van der Waals surface area contributed by atoms with Crippen molar-refractivity contribution in [3.63, 3.8) is 0 Å². The van der Waals surface area contributed by atoms with Gasteiger partial charge >= 0.3 is 12.1 Å². The van der Waals surface area contributed by atoms with Crippen LogP contribution < -0.4 is 15.0 Å². The molecule has 5 aliphatic heterocycles. The number of nitrogens with one attached hydrogen (secondary N) is 1. The predicted octanol–water partition coefficient (Wildman–Crippen LogP) is 5.97. The minimum atomic E-state index is -0.894. The number of pyridine rings is 1. The van der Waals surface area contributed by atoms with Crippen molar-refractivity contribution in [3.8, 4) is 17.3 Å². The molecule has 7 heterocycles. The van der Waals surface area contributed by atoms with E-state index in [1.54, 1.807) is 6.20 Å². The summed E-state index contributed by atoms with van der Waals surface area (Å²) in [5, 5.41) is 5.38. The van der Waals surface area contributed by atoms with Gasteiger partial charge in [0, 0.05) is 43.4 Å². The number of anilines is 1. The predicted molar refractivity (Wildman–Crippen MR) is 171 cm³/mol. The summed E-state index contributed by atoms with van der Waals surface area (Å²) in [4.78, 5) is 31.3. The van der Waals surface area contributed by atoms with Crippen molar-refractivity contribution in [2.75, 3.05) is 37.7 Å². The number of halogens is 2. The zero-order valence-corrected chi connectivity index (χ0v) is 26.0. The first kappa shape index (κ1) is 29.3. The summed E-state index contributed by atoms with van der Waals surface area (Å²) in [6, 6.07) is 11.7. The molecule has 0 saturated carbocycles. The first-order valence-corrected chi connectivity index (χ1v) is 16.5. The number of carbonyl (C=O) groups is 1. The lowest BCUT2D eigenvalue weighted by molar-refractivity contribution is 0.107. The molecule has 3 saturated heterocycles. The van der Waals surface area contributed by atoms with E-state index in [2.05, 4.69) is 27.0 Å². The number of amides is 1. The van der Waals surface area contributed by atoms with E-state index in [1.807, 2.05) is 36.4 Å². The van der Waals surface area contributed by atoms with Crippen LogP contribution in [0.2, 0.25) is 0 Å². The summed E-state index contributed by atoms with van der Waals surface area (Å²) >= 11 is 0. The van der Waals surface area contributed by atoms with Crippen LogP contribution in [0.25, 0.3) is 32.9 Å². The van der Waals surface area contributed by atoms with Crippen LogP contribution >= 0.6 is 0 Å². The monoisotopic (exact) mass is 628 g/mol. The van der Waals surface area contributed by atoms with Crippen LogP contribution in [-0.2, 0) is 11.2 Å². The van der Waals surface area contributed by atoms with Crippen LogP contribution in [0.1, 0.15) is 51.0 Å². The van der Waals surface area contributed by atoms with Crippen molar-refractivity contribution in [2.45, 2.75) is 75.7 Å². The van der Waals surface area contributed by atoms with Gasteiger partial charge < -0.3 is 19.7 Å². The van der Waals surface area contributed by atoms with Crippen LogP contribution in [0.4, 0.5) is 19.4 Å². The maximum absolute atomic E-state index is 16.9. The molecule has 5 aliphatic rings. The molecule has 2 aromatic heterocycles. The van der Waals surface area contributed by atoms with Crippen LogP contribution in [0, 0.1) is 5.82 Å². The second kappa shape index (κ2) is 11.6. The summed E-state index contributed by atoms with van der Waals surface area (Å²) < 4.78 is 43.4. The summed E-state index contributed by atoms with van der Waals surface area (Å²) in [5.41, 5.74) is 1.62. The van der Waals surface area contributed by atoms with Gasteiger partial charge in [-0.15, -0.1) is 0 Å². The Kier molecular flexibility index (Phi) is 7.38. The van der Waals surface area contributed by atoms with Crippen molar-refractivity contribution in [1.82, 2.24) is 25.2 Å². The number of carbonyl (C=O) groups excluding carboxylic acids is 1. The Balaban J connectivity index is 1.29. The first-order chi connectivity index (χ1) is 22.4. The van der Waals surface area contributed by atoms with E-state index < -0.39 is 23.6 Å². The van der Waals surface area contributed by atoms with Crippen molar-refractivity contribution < 1.29 is 23.0 Å². The van der Waals surface area contributed by atoms with Crippen LogP contribution in [0.3, 0.4) is 0 Å².